The van der Waals surface area contributed by atoms with Gasteiger partial charge in [-0.2, -0.15) is 0 Å². The second kappa shape index (κ2) is 5.23. The summed E-state index contributed by atoms with van der Waals surface area (Å²) in [6.45, 7) is 3.83. The molecule has 0 aliphatic heterocycles. The lowest BCUT2D eigenvalue weighted by atomic mass is 10.1. The molecule has 2 nitrogen and oxygen atoms in total. The largest absolute Gasteiger partial charge is 0.322 e. The molecule has 0 saturated carbocycles. The first-order valence-electron chi connectivity index (χ1n) is 5.71. The second-order valence-electron chi connectivity index (χ2n) is 4.23. The molecule has 2 aromatic rings. The van der Waals surface area contributed by atoms with Crippen LogP contribution in [-0.4, -0.2) is 5.91 Å². The highest BCUT2D eigenvalue weighted by Gasteiger charge is 2.08. The first kappa shape index (κ1) is 12.7. The molecule has 0 fully saturated rings. The summed E-state index contributed by atoms with van der Waals surface area (Å²) >= 11 is 5.95. The molecule has 2 aromatic carbocycles. The summed E-state index contributed by atoms with van der Waals surface area (Å²) in [7, 11) is 0. The maximum Gasteiger partial charge on any atom is 0.255 e. The molecule has 0 heterocycles. The van der Waals surface area contributed by atoms with Crippen molar-refractivity contribution < 1.29 is 4.79 Å². The third kappa shape index (κ3) is 2.71. The monoisotopic (exact) mass is 259 g/mol. The molecule has 0 spiro atoms. The van der Waals surface area contributed by atoms with Crippen LogP contribution in [0, 0.1) is 13.8 Å². The van der Waals surface area contributed by atoms with Gasteiger partial charge in [-0.05, 0) is 49.2 Å². The minimum Gasteiger partial charge on any atom is -0.322 e. The first-order chi connectivity index (χ1) is 8.58. The van der Waals surface area contributed by atoms with Crippen LogP contribution in [-0.2, 0) is 0 Å². The molecule has 0 aliphatic rings. The normalized spacial score (nSPS) is 10.2. The van der Waals surface area contributed by atoms with Crippen molar-refractivity contribution in [3.05, 3.63) is 64.2 Å². The highest BCUT2D eigenvalue weighted by atomic mass is 35.5. The molecular weight excluding hydrogens is 246 g/mol. The van der Waals surface area contributed by atoms with Crippen LogP contribution in [0.25, 0.3) is 0 Å². The Kier molecular flexibility index (Phi) is 3.68. The number of halogens is 1. The Morgan fingerprint density at radius 2 is 1.78 bits per heavy atom. The van der Waals surface area contributed by atoms with E-state index in [1.165, 1.54) is 0 Å². The van der Waals surface area contributed by atoms with Gasteiger partial charge in [-0.1, -0.05) is 29.8 Å². The van der Waals surface area contributed by atoms with Gasteiger partial charge in [0.2, 0.25) is 0 Å². The molecule has 0 radical (unpaired) electrons. The maximum absolute atomic E-state index is 12.1. The van der Waals surface area contributed by atoms with Gasteiger partial charge in [0.25, 0.3) is 5.91 Å². The zero-order chi connectivity index (χ0) is 13.1. The SMILES string of the molecule is Cc1cc(NC(=O)c2ccccc2C)ccc1Cl. The average molecular weight is 260 g/mol. The zero-order valence-corrected chi connectivity index (χ0v) is 11.1. The molecule has 3 heteroatoms. The van der Waals surface area contributed by atoms with Gasteiger partial charge in [-0.15, -0.1) is 0 Å². The minimum atomic E-state index is -0.102. The number of nitrogens with one attached hydrogen (secondary N) is 1. The van der Waals surface area contributed by atoms with Crippen molar-refractivity contribution in [2.75, 3.05) is 5.32 Å². The Morgan fingerprint density at radius 3 is 2.44 bits per heavy atom. The molecule has 0 saturated heterocycles. The molecule has 1 N–H and O–H groups in total. The number of hydrogen-bond acceptors (Lipinski definition) is 1. The molecule has 0 atom stereocenters. The van der Waals surface area contributed by atoms with Crippen molar-refractivity contribution >= 4 is 23.2 Å². The minimum absolute atomic E-state index is 0.102. The number of anilines is 1. The fraction of sp³-hybridized carbons (Fsp3) is 0.133. The van der Waals surface area contributed by atoms with Crippen LogP contribution in [0.3, 0.4) is 0 Å². The lowest BCUT2D eigenvalue weighted by Crippen LogP contribution is -2.13. The van der Waals surface area contributed by atoms with Gasteiger partial charge < -0.3 is 5.32 Å². The summed E-state index contributed by atoms with van der Waals surface area (Å²) < 4.78 is 0. The van der Waals surface area contributed by atoms with Crippen LogP contribution in [0.4, 0.5) is 5.69 Å². The van der Waals surface area contributed by atoms with Crippen LogP contribution in [0.5, 0.6) is 0 Å². The molecule has 0 aromatic heterocycles. The third-order valence-electron chi connectivity index (χ3n) is 2.81. The quantitative estimate of drug-likeness (QED) is 0.860. The van der Waals surface area contributed by atoms with Crippen molar-refractivity contribution in [3.8, 4) is 0 Å². The van der Waals surface area contributed by atoms with E-state index in [0.29, 0.717) is 10.6 Å². The lowest BCUT2D eigenvalue weighted by Gasteiger charge is -2.08. The molecule has 0 bridgehead atoms. The van der Waals surface area contributed by atoms with Gasteiger partial charge in [0.05, 0.1) is 0 Å². The van der Waals surface area contributed by atoms with Gasteiger partial charge in [0.1, 0.15) is 0 Å². The van der Waals surface area contributed by atoms with Crippen molar-refractivity contribution in [2.24, 2.45) is 0 Å². The van der Waals surface area contributed by atoms with Gasteiger partial charge in [0.15, 0.2) is 0 Å². The second-order valence-corrected chi connectivity index (χ2v) is 4.64. The predicted octanol–water partition coefficient (Wildman–Crippen LogP) is 4.21. The van der Waals surface area contributed by atoms with E-state index in [0.717, 1.165) is 16.8 Å². The van der Waals surface area contributed by atoms with Crippen molar-refractivity contribution in [1.82, 2.24) is 0 Å². The number of carbonyl (C=O) groups excluding carboxylic acids is 1. The maximum atomic E-state index is 12.1. The van der Waals surface area contributed by atoms with E-state index >= 15 is 0 Å². The van der Waals surface area contributed by atoms with Crippen LogP contribution >= 0.6 is 11.6 Å². The molecule has 0 unspecified atom stereocenters. The summed E-state index contributed by atoms with van der Waals surface area (Å²) in [6.07, 6.45) is 0. The fourth-order valence-electron chi connectivity index (χ4n) is 1.75. The number of benzene rings is 2. The molecular formula is C15H14ClNO. The number of amides is 1. The molecule has 0 aliphatic carbocycles. The van der Waals surface area contributed by atoms with Gasteiger partial charge >= 0.3 is 0 Å². The van der Waals surface area contributed by atoms with Crippen LogP contribution < -0.4 is 5.32 Å². The predicted molar refractivity (Wildman–Crippen MR) is 75.3 cm³/mol. The highest BCUT2D eigenvalue weighted by molar-refractivity contribution is 6.31. The van der Waals surface area contributed by atoms with Crippen molar-refractivity contribution in [3.63, 3.8) is 0 Å². The number of carbonyl (C=O) groups is 1. The Bertz CT molecular complexity index is 593. The van der Waals surface area contributed by atoms with Crippen LogP contribution in [0.15, 0.2) is 42.5 Å². The molecule has 18 heavy (non-hydrogen) atoms. The van der Waals surface area contributed by atoms with Crippen molar-refractivity contribution in [2.45, 2.75) is 13.8 Å². The van der Waals surface area contributed by atoms with E-state index in [9.17, 15) is 4.79 Å². The molecule has 1 amide bonds. The third-order valence-corrected chi connectivity index (χ3v) is 3.23. The van der Waals surface area contributed by atoms with E-state index in [1.54, 1.807) is 12.1 Å². The average Bonchev–Trinajstić information content (AvgIpc) is 2.34. The van der Waals surface area contributed by atoms with E-state index in [4.69, 9.17) is 11.6 Å². The number of rotatable bonds is 2. The summed E-state index contributed by atoms with van der Waals surface area (Å²) in [4.78, 5) is 12.1. The summed E-state index contributed by atoms with van der Waals surface area (Å²) in [6, 6.07) is 12.9. The lowest BCUT2D eigenvalue weighted by molar-refractivity contribution is 0.102. The van der Waals surface area contributed by atoms with Crippen LogP contribution in [0.2, 0.25) is 5.02 Å². The smallest absolute Gasteiger partial charge is 0.255 e. The summed E-state index contributed by atoms with van der Waals surface area (Å²) in [5.41, 5.74) is 3.34. The number of aryl methyl sites for hydroxylation is 2. The Morgan fingerprint density at radius 1 is 1.06 bits per heavy atom. The van der Waals surface area contributed by atoms with E-state index in [2.05, 4.69) is 5.32 Å². The van der Waals surface area contributed by atoms with Gasteiger partial charge in [-0.3, -0.25) is 4.79 Å². The van der Waals surface area contributed by atoms with Crippen molar-refractivity contribution in [1.29, 1.82) is 0 Å². The number of hydrogen-bond donors (Lipinski definition) is 1. The molecule has 2 rings (SSSR count). The van der Waals surface area contributed by atoms with E-state index in [1.807, 2.05) is 44.2 Å². The zero-order valence-electron chi connectivity index (χ0n) is 10.3. The Hall–Kier alpha value is -1.80. The molecule has 92 valence electrons. The standard InChI is InChI=1S/C15H14ClNO/c1-10-5-3-4-6-13(10)15(18)17-12-7-8-14(16)11(2)9-12/h3-9H,1-2H3,(H,17,18). The summed E-state index contributed by atoms with van der Waals surface area (Å²) in [5.74, 6) is -0.102. The van der Waals surface area contributed by atoms with E-state index < -0.39 is 0 Å². The Balaban J connectivity index is 2.22. The summed E-state index contributed by atoms with van der Waals surface area (Å²) in [5, 5.41) is 3.57. The first-order valence-corrected chi connectivity index (χ1v) is 6.09. The Labute approximate surface area is 112 Å². The highest BCUT2D eigenvalue weighted by Crippen LogP contribution is 2.20. The topological polar surface area (TPSA) is 29.1 Å². The fourth-order valence-corrected chi connectivity index (χ4v) is 1.87. The van der Waals surface area contributed by atoms with Crippen LogP contribution in [0.1, 0.15) is 21.5 Å². The van der Waals surface area contributed by atoms with Gasteiger partial charge in [0, 0.05) is 16.3 Å². The van der Waals surface area contributed by atoms with Gasteiger partial charge in [-0.25, -0.2) is 0 Å². The van der Waals surface area contributed by atoms with E-state index in [-0.39, 0.29) is 5.91 Å².